The molecule has 0 radical (unpaired) electrons. The van der Waals surface area contributed by atoms with Gasteiger partial charge in [0.15, 0.2) is 5.76 Å². The number of aryl methyl sites for hydroxylation is 1. The zero-order valence-electron chi connectivity index (χ0n) is 19.5. The SMILES string of the molecule is CNCc1ccc(-c2cc(-c3nc(-c4ccc(S(=O)C5CCOC5)cc4)cnc3C)on2)c(F)c1. The van der Waals surface area contributed by atoms with Gasteiger partial charge in [-0.1, -0.05) is 23.4 Å². The minimum atomic E-state index is -1.10. The Balaban J connectivity index is 1.40. The van der Waals surface area contributed by atoms with Gasteiger partial charge in [-0.2, -0.15) is 0 Å². The largest absolute Gasteiger partial charge is 0.380 e. The predicted molar refractivity (Wildman–Crippen MR) is 131 cm³/mol. The summed E-state index contributed by atoms with van der Waals surface area (Å²) in [5.41, 5.74) is 4.28. The summed E-state index contributed by atoms with van der Waals surface area (Å²) in [7, 11) is 0.714. The number of ether oxygens (including phenoxy) is 1. The van der Waals surface area contributed by atoms with Crippen molar-refractivity contribution in [3.63, 3.8) is 0 Å². The Hall–Kier alpha value is -3.27. The molecule has 1 saturated heterocycles. The highest BCUT2D eigenvalue weighted by atomic mass is 32.2. The minimum absolute atomic E-state index is 0.0385. The molecule has 5 rings (SSSR count). The van der Waals surface area contributed by atoms with E-state index in [1.54, 1.807) is 18.3 Å². The van der Waals surface area contributed by atoms with Crippen LogP contribution in [-0.4, -0.2) is 44.8 Å². The number of aromatic nitrogens is 3. The van der Waals surface area contributed by atoms with Gasteiger partial charge in [-0.15, -0.1) is 0 Å². The van der Waals surface area contributed by atoms with E-state index in [1.807, 2.05) is 44.3 Å². The van der Waals surface area contributed by atoms with Crippen LogP contribution < -0.4 is 5.32 Å². The lowest BCUT2D eigenvalue weighted by Gasteiger charge is -2.09. The Morgan fingerprint density at radius 3 is 2.69 bits per heavy atom. The molecule has 0 amide bonds. The molecule has 2 aromatic carbocycles. The van der Waals surface area contributed by atoms with Crippen LogP contribution in [0, 0.1) is 12.7 Å². The first-order valence-corrected chi connectivity index (χ1v) is 12.6. The Morgan fingerprint density at radius 1 is 1.14 bits per heavy atom. The highest BCUT2D eigenvalue weighted by molar-refractivity contribution is 7.85. The molecular weight excluding hydrogens is 467 g/mol. The Labute approximate surface area is 205 Å². The third-order valence-electron chi connectivity index (χ3n) is 5.96. The maximum absolute atomic E-state index is 14.7. The molecule has 0 saturated carbocycles. The number of halogens is 1. The van der Waals surface area contributed by atoms with Crippen LogP contribution in [0.25, 0.3) is 34.0 Å². The highest BCUT2D eigenvalue weighted by Gasteiger charge is 2.23. The smallest absolute Gasteiger partial charge is 0.187 e. The Kier molecular flexibility index (Phi) is 6.81. The van der Waals surface area contributed by atoms with Crippen LogP contribution in [-0.2, 0) is 22.1 Å². The lowest BCUT2D eigenvalue weighted by Crippen LogP contribution is -2.14. The van der Waals surface area contributed by atoms with E-state index in [2.05, 4.69) is 15.5 Å². The zero-order valence-corrected chi connectivity index (χ0v) is 20.3. The van der Waals surface area contributed by atoms with Crippen molar-refractivity contribution < 1.29 is 17.9 Å². The summed E-state index contributed by atoms with van der Waals surface area (Å²) >= 11 is 0. The van der Waals surface area contributed by atoms with Crippen LogP contribution in [0.15, 0.2) is 64.1 Å². The molecule has 1 N–H and O–H groups in total. The third-order valence-corrected chi connectivity index (χ3v) is 7.68. The predicted octanol–water partition coefficient (Wildman–Crippen LogP) is 4.53. The fourth-order valence-corrected chi connectivity index (χ4v) is 5.37. The standard InChI is InChI=1S/C26H25FN4O3S/c1-16-26(25-12-23(31-34-25)21-8-3-17(13-28-2)11-22(21)27)30-24(14-29-16)18-4-6-19(7-5-18)35(32)20-9-10-33-15-20/h3-8,11-12,14,20,28H,9-10,13,15H2,1-2H3. The number of hydrogen-bond donors (Lipinski definition) is 1. The van der Waals surface area contributed by atoms with Gasteiger partial charge in [-0.3, -0.25) is 9.19 Å². The molecule has 0 bridgehead atoms. The van der Waals surface area contributed by atoms with Crippen molar-refractivity contribution in [2.45, 2.75) is 30.0 Å². The Morgan fingerprint density at radius 2 is 1.97 bits per heavy atom. The quantitative estimate of drug-likeness (QED) is 0.405. The minimum Gasteiger partial charge on any atom is -0.380 e. The van der Waals surface area contributed by atoms with Gasteiger partial charge in [0.05, 0.1) is 40.2 Å². The van der Waals surface area contributed by atoms with Crippen molar-refractivity contribution in [3.8, 4) is 34.0 Å². The van der Waals surface area contributed by atoms with Crippen LogP contribution in [0.5, 0.6) is 0 Å². The van der Waals surface area contributed by atoms with Gasteiger partial charge in [0.1, 0.15) is 17.2 Å². The molecule has 3 heterocycles. The molecule has 0 spiro atoms. The van der Waals surface area contributed by atoms with E-state index in [-0.39, 0.29) is 11.1 Å². The Bertz CT molecular complexity index is 1370. The van der Waals surface area contributed by atoms with E-state index in [9.17, 15) is 8.60 Å². The van der Waals surface area contributed by atoms with Gasteiger partial charge in [0.25, 0.3) is 0 Å². The first-order valence-electron chi connectivity index (χ1n) is 11.4. The number of benzene rings is 2. The lowest BCUT2D eigenvalue weighted by molar-refractivity contribution is 0.199. The lowest BCUT2D eigenvalue weighted by atomic mass is 10.1. The summed E-state index contributed by atoms with van der Waals surface area (Å²) in [5.74, 6) is 0.0420. The number of rotatable bonds is 7. The van der Waals surface area contributed by atoms with E-state index < -0.39 is 10.8 Å². The van der Waals surface area contributed by atoms with Gasteiger partial charge >= 0.3 is 0 Å². The third kappa shape index (κ3) is 4.93. The summed E-state index contributed by atoms with van der Waals surface area (Å²) in [5, 5.41) is 7.11. The van der Waals surface area contributed by atoms with E-state index in [0.29, 0.717) is 53.9 Å². The van der Waals surface area contributed by atoms with Crippen LogP contribution in [0.1, 0.15) is 17.7 Å². The topological polar surface area (TPSA) is 90.1 Å². The van der Waals surface area contributed by atoms with Crippen molar-refractivity contribution in [1.82, 2.24) is 20.4 Å². The van der Waals surface area contributed by atoms with Crippen LogP contribution in [0.2, 0.25) is 0 Å². The maximum atomic E-state index is 14.7. The van der Waals surface area contributed by atoms with Gasteiger partial charge in [0, 0.05) is 35.2 Å². The summed E-state index contributed by atoms with van der Waals surface area (Å²) in [6.07, 6.45) is 2.50. The fourth-order valence-electron chi connectivity index (χ4n) is 4.05. The van der Waals surface area contributed by atoms with E-state index >= 15 is 0 Å². The number of hydrogen-bond acceptors (Lipinski definition) is 7. The van der Waals surface area contributed by atoms with Crippen molar-refractivity contribution in [3.05, 3.63) is 71.8 Å². The summed E-state index contributed by atoms with van der Waals surface area (Å²) < 4.78 is 38.3. The number of nitrogens with one attached hydrogen (secondary N) is 1. The van der Waals surface area contributed by atoms with Crippen molar-refractivity contribution in [2.75, 3.05) is 20.3 Å². The molecule has 9 heteroatoms. The second-order valence-electron chi connectivity index (χ2n) is 8.42. The molecule has 2 atom stereocenters. The summed E-state index contributed by atoms with van der Waals surface area (Å²) in [4.78, 5) is 9.99. The van der Waals surface area contributed by atoms with Crippen molar-refractivity contribution >= 4 is 10.8 Å². The van der Waals surface area contributed by atoms with Crippen LogP contribution in [0.3, 0.4) is 0 Å². The van der Waals surface area contributed by atoms with Gasteiger partial charge in [0.2, 0.25) is 0 Å². The first kappa shape index (κ1) is 23.5. The molecule has 0 aliphatic carbocycles. The van der Waals surface area contributed by atoms with Gasteiger partial charge in [-0.05, 0) is 50.2 Å². The molecule has 2 unspecified atom stereocenters. The molecule has 2 aromatic heterocycles. The average molecular weight is 493 g/mol. The summed E-state index contributed by atoms with van der Waals surface area (Å²) in [6.45, 7) is 3.60. The van der Waals surface area contributed by atoms with Gasteiger partial charge < -0.3 is 14.6 Å². The average Bonchev–Trinajstić information content (AvgIpc) is 3.57. The second kappa shape index (κ2) is 10.2. The van der Waals surface area contributed by atoms with E-state index in [4.69, 9.17) is 14.2 Å². The van der Waals surface area contributed by atoms with E-state index in [0.717, 1.165) is 22.4 Å². The van der Waals surface area contributed by atoms with Crippen LogP contribution in [0.4, 0.5) is 4.39 Å². The van der Waals surface area contributed by atoms with Gasteiger partial charge in [-0.25, -0.2) is 9.37 Å². The maximum Gasteiger partial charge on any atom is 0.187 e. The molecular formula is C26H25FN4O3S. The zero-order chi connectivity index (χ0) is 24.4. The second-order valence-corrected chi connectivity index (χ2v) is 10.2. The van der Waals surface area contributed by atoms with Crippen molar-refractivity contribution in [1.29, 1.82) is 0 Å². The molecule has 1 fully saturated rings. The molecule has 7 nitrogen and oxygen atoms in total. The first-order chi connectivity index (χ1) is 17.0. The molecule has 4 aromatic rings. The molecule has 35 heavy (non-hydrogen) atoms. The fraction of sp³-hybridized carbons (Fsp3) is 0.269. The monoisotopic (exact) mass is 492 g/mol. The summed E-state index contributed by atoms with van der Waals surface area (Å²) in [6, 6.07) is 14.2. The highest BCUT2D eigenvalue weighted by Crippen LogP contribution is 2.30. The molecule has 180 valence electrons. The van der Waals surface area contributed by atoms with Crippen molar-refractivity contribution in [2.24, 2.45) is 0 Å². The van der Waals surface area contributed by atoms with Crippen LogP contribution >= 0.6 is 0 Å². The molecule has 1 aliphatic heterocycles. The molecule has 1 aliphatic rings. The number of nitrogens with zero attached hydrogens (tertiary/aromatic N) is 3. The normalized spacial score (nSPS) is 16.5. The van der Waals surface area contributed by atoms with E-state index in [1.165, 1.54) is 6.07 Å².